The molecule has 19 heavy (non-hydrogen) atoms. The Balaban J connectivity index is 2.35. The summed E-state index contributed by atoms with van der Waals surface area (Å²) in [7, 11) is 3.14. The number of hydrogen-bond donors (Lipinski definition) is 0. The lowest BCUT2D eigenvalue weighted by atomic mass is 9.88. The average molecular weight is 262 g/mol. The molecule has 1 fully saturated rings. The Morgan fingerprint density at radius 2 is 1.89 bits per heavy atom. The lowest BCUT2D eigenvalue weighted by Crippen LogP contribution is -2.12. The van der Waals surface area contributed by atoms with Crippen LogP contribution < -0.4 is 4.74 Å². The van der Waals surface area contributed by atoms with Crippen molar-refractivity contribution in [1.82, 2.24) is 0 Å². The molecule has 1 aliphatic rings. The van der Waals surface area contributed by atoms with Crippen LogP contribution in [0.1, 0.15) is 41.9 Å². The van der Waals surface area contributed by atoms with Crippen LogP contribution in [0.15, 0.2) is 12.1 Å². The van der Waals surface area contributed by atoms with Gasteiger partial charge >= 0.3 is 5.97 Å². The molecule has 104 valence electrons. The fourth-order valence-corrected chi connectivity index (χ4v) is 2.57. The van der Waals surface area contributed by atoms with Crippen LogP contribution in [0.4, 0.5) is 0 Å². The number of rotatable bonds is 5. The van der Waals surface area contributed by atoms with Gasteiger partial charge in [-0.25, -0.2) is 0 Å². The van der Waals surface area contributed by atoms with Crippen molar-refractivity contribution < 1.29 is 14.3 Å². The van der Waals surface area contributed by atoms with Crippen molar-refractivity contribution >= 4 is 5.97 Å². The second-order valence-electron chi connectivity index (χ2n) is 5.40. The van der Waals surface area contributed by atoms with Gasteiger partial charge in [0.15, 0.2) is 0 Å². The SMILES string of the molecule is COC(=O)CC(c1cc(C)c(C)cc1OC)C1CC1. The first-order valence-electron chi connectivity index (χ1n) is 6.78. The minimum atomic E-state index is -0.141. The molecule has 0 saturated heterocycles. The van der Waals surface area contributed by atoms with Crippen molar-refractivity contribution in [1.29, 1.82) is 0 Å². The third-order valence-corrected chi connectivity index (χ3v) is 4.05. The monoisotopic (exact) mass is 262 g/mol. The molecule has 1 aliphatic carbocycles. The summed E-state index contributed by atoms with van der Waals surface area (Å²) in [5.74, 6) is 1.57. The van der Waals surface area contributed by atoms with Gasteiger partial charge in [-0.1, -0.05) is 6.07 Å². The highest BCUT2D eigenvalue weighted by atomic mass is 16.5. The number of methoxy groups -OCH3 is 2. The summed E-state index contributed by atoms with van der Waals surface area (Å²) in [5, 5.41) is 0. The van der Waals surface area contributed by atoms with Gasteiger partial charge in [0.05, 0.1) is 20.6 Å². The average Bonchev–Trinajstić information content (AvgIpc) is 3.22. The summed E-state index contributed by atoms with van der Waals surface area (Å²) < 4.78 is 10.3. The molecule has 1 atom stereocenters. The van der Waals surface area contributed by atoms with Gasteiger partial charge < -0.3 is 9.47 Å². The highest BCUT2D eigenvalue weighted by Gasteiger charge is 2.35. The Morgan fingerprint density at radius 1 is 1.26 bits per heavy atom. The van der Waals surface area contributed by atoms with Gasteiger partial charge in [0.25, 0.3) is 0 Å². The second-order valence-corrected chi connectivity index (χ2v) is 5.40. The van der Waals surface area contributed by atoms with Crippen LogP contribution in [0.2, 0.25) is 0 Å². The molecule has 2 rings (SSSR count). The third kappa shape index (κ3) is 3.09. The Hall–Kier alpha value is -1.51. The summed E-state index contributed by atoms with van der Waals surface area (Å²) in [6.45, 7) is 4.18. The van der Waals surface area contributed by atoms with Crippen LogP contribution in [-0.2, 0) is 9.53 Å². The fourth-order valence-electron chi connectivity index (χ4n) is 2.57. The topological polar surface area (TPSA) is 35.5 Å². The van der Waals surface area contributed by atoms with E-state index < -0.39 is 0 Å². The maximum absolute atomic E-state index is 11.6. The highest BCUT2D eigenvalue weighted by Crippen LogP contribution is 2.47. The molecular weight excluding hydrogens is 240 g/mol. The number of carbonyl (C=O) groups excluding carboxylic acids is 1. The van der Waals surface area contributed by atoms with Crippen LogP contribution >= 0.6 is 0 Å². The van der Waals surface area contributed by atoms with E-state index in [1.54, 1.807) is 7.11 Å². The van der Waals surface area contributed by atoms with Gasteiger partial charge in [-0.15, -0.1) is 0 Å². The largest absolute Gasteiger partial charge is 0.496 e. The molecule has 1 unspecified atom stereocenters. The molecule has 1 aromatic carbocycles. The van der Waals surface area contributed by atoms with Crippen LogP contribution in [0, 0.1) is 19.8 Å². The minimum Gasteiger partial charge on any atom is -0.496 e. The molecule has 0 bridgehead atoms. The molecule has 0 heterocycles. The van der Waals surface area contributed by atoms with Gasteiger partial charge in [0.2, 0.25) is 0 Å². The van der Waals surface area contributed by atoms with E-state index in [0.29, 0.717) is 12.3 Å². The molecule has 3 nitrogen and oxygen atoms in total. The van der Waals surface area contributed by atoms with E-state index in [4.69, 9.17) is 9.47 Å². The first kappa shape index (κ1) is 13.9. The maximum Gasteiger partial charge on any atom is 0.306 e. The molecule has 0 aromatic heterocycles. The standard InChI is InChI=1S/C16H22O3/c1-10-7-14(15(18-3)8-11(10)2)13(12-5-6-12)9-16(17)19-4/h7-8,12-13H,5-6,9H2,1-4H3. The summed E-state index contributed by atoms with van der Waals surface area (Å²) in [5.41, 5.74) is 3.61. The molecule has 0 amide bonds. The molecule has 0 radical (unpaired) electrons. The van der Waals surface area contributed by atoms with Gasteiger partial charge in [0, 0.05) is 5.92 Å². The molecule has 1 saturated carbocycles. The zero-order valence-electron chi connectivity index (χ0n) is 12.2. The first-order valence-corrected chi connectivity index (χ1v) is 6.78. The van der Waals surface area contributed by atoms with Crippen molar-refractivity contribution in [2.75, 3.05) is 14.2 Å². The lowest BCUT2D eigenvalue weighted by Gasteiger charge is -2.20. The number of benzene rings is 1. The van der Waals surface area contributed by atoms with Crippen LogP contribution in [0.5, 0.6) is 5.75 Å². The number of aryl methyl sites for hydroxylation is 2. The van der Waals surface area contributed by atoms with Crippen molar-refractivity contribution in [3.63, 3.8) is 0 Å². The number of hydrogen-bond acceptors (Lipinski definition) is 3. The second kappa shape index (κ2) is 5.64. The highest BCUT2D eigenvalue weighted by molar-refractivity contribution is 5.71. The number of esters is 1. The van der Waals surface area contributed by atoms with E-state index in [1.165, 1.54) is 31.1 Å². The van der Waals surface area contributed by atoms with Crippen LogP contribution in [-0.4, -0.2) is 20.2 Å². The number of carbonyl (C=O) groups is 1. The van der Waals surface area contributed by atoms with Crippen LogP contribution in [0.3, 0.4) is 0 Å². The summed E-state index contributed by atoms with van der Waals surface area (Å²) in [4.78, 5) is 11.6. The Labute approximate surface area is 114 Å². The van der Waals surface area contributed by atoms with E-state index in [1.807, 2.05) is 0 Å². The van der Waals surface area contributed by atoms with Gasteiger partial charge in [-0.2, -0.15) is 0 Å². The lowest BCUT2D eigenvalue weighted by molar-refractivity contribution is -0.141. The third-order valence-electron chi connectivity index (χ3n) is 4.05. The van der Waals surface area contributed by atoms with Crippen molar-refractivity contribution in [3.8, 4) is 5.75 Å². The van der Waals surface area contributed by atoms with Crippen LogP contribution in [0.25, 0.3) is 0 Å². The molecule has 0 spiro atoms. The number of ether oxygens (including phenoxy) is 2. The van der Waals surface area contributed by atoms with E-state index in [0.717, 1.165) is 11.3 Å². The zero-order valence-corrected chi connectivity index (χ0v) is 12.2. The Bertz CT molecular complexity index is 475. The predicted octanol–water partition coefficient (Wildman–Crippen LogP) is 3.37. The summed E-state index contributed by atoms with van der Waals surface area (Å²) >= 11 is 0. The molecule has 0 aliphatic heterocycles. The minimum absolute atomic E-state index is 0.141. The smallest absolute Gasteiger partial charge is 0.306 e. The molecule has 1 aromatic rings. The summed E-state index contributed by atoms with van der Waals surface area (Å²) in [6, 6.07) is 4.23. The zero-order chi connectivity index (χ0) is 14.0. The molecule has 3 heteroatoms. The maximum atomic E-state index is 11.6. The Morgan fingerprint density at radius 3 is 2.42 bits per heavy atom. The first-order chi connectivity index (χ1) is 9.06. The predicted molar refractivity (Wildman–Crippen MR) is 74.6 cm³/mol. The Kier molecular flexibility index (Phi) is 4.13. The van der Waals surface area contributed by atoms with Crippen molar-refractivity contribution in [2.45, 2.75) is 39.0 Å². The summed E-state index contributed by atoms with van der Waals surface area (Å²) in [6.07, 6.45) is 2.83. The van der Waals surface area contributed by atoms with Gasteiger partial charge in [-0.3, -0.25) is 4.79 Å². The van der Waals surface area contributed by atoms with E-state index in [-0.39, 0.29) is 11.9 Å². The van der Waals surface area contributed by atoms with E-state index in [2.05, 4.69) is 26.0 Å². The van der Waals surface area contributed by atoms with Gasteiger partial charge in [0.1, 0.15) is 5.75 Å². The quantitative estimate of drug-likeness (QED) is 0.763. The van der Waals surface area contributed by atoms with E-state index in [9.17, 15) is 4.79 Å². The fraction of sp³-hybridized carbons (Fsp3) is 0.562. The van der Waals surface area contributed by atoms with Crippen molar-refractivity contribution in [2.24, 2.45) is 5.92 Å². The van der Waals surface area contributed by atoms with Crippen molar-refractivity contribution in [3.05, 3.63) is 28.8 Å². The molecule has 0 N–H and O–H groups in total. The van der Waals surface area contributed by atoms with E-state index >= 15 is 0 Å². The normalized spacial score (nSPS) is 16.0. The van der Waals surface area contributed by atoms with Gasteiger partial charge in [-0.05, 0) is 55.4 Å². The molecular formula is C16H22O3.